The van der Waals surface area contributed by atoms with E-state index in [1.807, 2.05) is 12.1 Å². The fraction of sp³-hybridized carbons (Fsp3) is 0.188. The average Bonchev–Trinajstić information content (AvgIpc) is 2.47. The van der Waals surface area contributed by atoms with E-state index in [1.165, 1.54) is 17.5 Å². The van der Waals surface area contributed by atoms with E-state index in [9.17, 15) is 0 Å². The molecule has 2 N–H and O–H groups in total. The Kier molecular flexibility index (Phi) is 3.29. The van der Waals surface area contributed by atoms with Crippen molar-refractivity contribution in [2.75, 3.05) is 5.73 Å². The van der Waals surface area contributed by atoms with E-state index in [2.05, 4.69) is 46.1 Å². The van der Waals surface area contributed by atoms with Crippen molar-refractivity contribution < 1.29 is 0 Å². The first kappa shape index (κ1) is 12.5. The van der Waals surface area contributed by atoms with Crippen molar-refractivity contribution in [2.24, 2.45) is 0 Å². The highest BCUT2D eigenvalue weighted by molar-refractivity contribution is 5.83. The molecule has 0 unspecified atom stereocenters. The maximum absolute atomic E-state index is 5.84. The van der Waals surface area contributed by atoms with Crippen LogP contribution in [0.1, 0.15) is 16.8 Å². The largest absolute Gasteiger partial charge is 0.382 e. The van der Waals surface area contributed by atoms with Crippen LogP contribution in [0.2, 0.25) is 0 Å². The van der Waals surface area contributed by atoms with Crippen LogP contribution in [0.25, 0.3) is 11.0 Å². The predicted molar refractivity (Wildman–Crippen MR) is 80.3 cm³/mol. The van der Waals surface area contributed by atoms with Crippen LogP contribution in [0.15, 0.2) is 42.7 Å². The SMILES string of the molecule is Cc1ccccc1CCc1ccc2ncnc(N)c2n1. The summed E-state index contributed by atoms with van der Waals surface area (Å²) in [6, 6.07) is 12.4. The summed E-state index contributed by atoms with van der Waals surface area (Å²) < 4.78 is 0. The molecule has 4 nitrogen and oxygen atoms in total. The number of aryl methyl sites for hydroxylation is 3. The predicted octanol–water partition coefficient (Wildman–Crippen LogP) is 2.70. The number of nitrogen functional groups attached to an aromatic ring is 1. The zero-order valence-electron chi connectivity index (χ0n) is 11.4. The Bertz CT molecular complexity index is 752. The Labute approximate surface area is 117 Å². The number of nitrogens with two attached hydrogens (primary N) is 1. The molecule has 20 heavy (non-hydrogen) atoms. The molecule has 100 valence electrons. The lowest BCUT2D eigenvalue weighted by molar-refractivity contribution is 0.913. The van der Waals surface area contributed by atoms with E-state index >= 15 is 0 Å². The minimum absolute atomic E-state index is 0.438. The number of hydrogen-bond acceptors (Lipinski definition) is 4. The van der Waals surface area contributed by atoms with E-state index in [-0.39, 0.29) is 0 Å². The molecule has 3 rings (SSSR count). The maximum Gasteiger partial charge on any atom is 0.153 e. The summed E-state index contributed by atoms with van der Waals surface area (Å²) in [6.45, 7) is 2.13. The van der Waals surface area contributed by atoms with Gasteiger partial charge in [0, 0.05) is 5.69 Å². The van der Waals surface area contributed by atoms with Crippen LogP contribution in [-0.4, -0.2) is 15.0 Å². The third-order valence-corrected chi connectivity index (χ3v) is 3.48. The first-order valence-corrected chi connectivity index (χ1v) is 6.64. The molecule has 3 aromatic rings. The Balaban J connectivity index is 1.85. The standard InChI is InChI=1S/C16H16N4/c1-11-4-2-3-5-12(11)6-7-13-8-9-14-15(20-13)16(17)19-10-18-14/h2-5,8-10H,6-7H2,1H3,(H2,17,18,19). The molecule has 1 aromatic carbocycles. The zero-order valence-corrected chi connectivity index (χ0v) is 11.4. The van der Waals surface area contributed by atoms with Crippen molar-refractivity contribution in [1.82, 2.24) is 15.0 Å². The molecule has 0 aliphatic rings. The van der Waals surface area contributed by atoms with Gasteiger partial charge in [-0.2, -0.15) is 0 Å². The van der Waals surface area contributed by atoms with Gasteiger partial charge in [-0.3, -0.25) is 0 Å². The van der Waals surface area contributed by atoms with Crippen molar-refractivity contribution in [3.8, 4) is 0 Å². The van der Waals surface area contributed by atoms with E-state index < -0.39 is 0 Å². The molecule has 0 bridgehead atoms. The summed E-state index contributed by atoms with van der Waals surface area (Å²) in [5.41, 5.74) is 11.0. The summed E-state index contributed by atoms with van der Waals surface area (Å²) in [7, 11) is 0. The Morgan fingerprint density at radius 3 is 2.70 bits per heavy atom. The van der Waals surface area contributed by atoms with Crippen LogP contribution in [0.3, 0.4) is 0 Å². The number of nitrogens with zero attached hydrogens (tertiary/aromatic N) is 3. The van der Waals surface area contributed by atoms with Gasteiger partial charge in [0.25, 0.3) is 0 Å². The van der Waals surface area contributed by atoms with Gasteiger partial charge in [0.15, 0.2) is 5.82 Å². The molecule has 0 saturated heterocycles. The lowest BCUT2D eigenvalue weighted by Crippen LogP contribution is -2.00. The minimum atomic E-state index is 0.438. The highest BCUT2D eigenvalue weighted by Crippen LogP contribution is 2.16. The molecule has 0 aliphatic carbocycles. The van der Waals surface area contributed by atoms with Crippen LogP contribution < -0.4 is 5.73 Å². The van der Waals surface area contributed by atoms with Crippen molar-refractivity contribution in [2.45, 2.75) is 19.8 Å². The Hall–Kier alpha value is -2.49. The van der Waals surface area contributed by atoms with Gasteiger partial charge in [0.1, 0.15) is 11.8 Å². The van der Waals surface area contributed by atoms with Crippen LogP contribution in [0.4, 0.5) is 5.82 Å². The van der Waals surface area contributed by atoms with Gasteiger partial charge in [-0.15, -0.1) is 0 Å². The second kappa shape index (κ2) is 5.25. The fourth-order valence-corrected chi connectivity index (χ4v) is 2.29. The van der Waals surface area contributed by atoms with Gasteiger partial charge in [0.2, 0.25) is 0 Å². The van der Waals surface area contributed by atoms with Crippen molar-refractivity contribution in [1.29, 1.82) is 0 Å². The molecule has 0 atom stereocenters. The summed E-state index contributed by atoms with van der Waals surface area (Å²) in [5.74, 6) is 0.438. The number of hydrogen-bond donors (Lipinski definition) is 1. The van der Waals surface area contributed by atoms with Crippen molar-refractivity contribution in [3.05, 3.63) is 59.5 Å². The molecule has 0 saturated carbocycles. The van der Waals surface area contributed by atoms with E-state index in [0.717, 1.165) is 24.1 Å². The third-order valence-electron chi connectivity index (χ3n) is 3.48. The molecule has 0 aliphatic heterocycles. The quantitative estimate of drug-likeness (QED) is 0.790. The third kappa shape index (κ3) is 2.45. The molecule has 0 radical (unpaired) electrons. The second-order valence-electron chi connectivity index (χ2n) is 4.86. The molecule has 0 spiro atoms. The lowest BCUT2D eigenvalue weighted by atomic mass is 10.0. The van der Waals surface area contributed by atoms with Gasteiger partial charge in [0.05, 0.1) is 5.52 Å². The first-order chi connectivity index (χ1) is 9.74. The Morgan fingerprint density at radius 2 is 1.85 bits per heavy atom. The summed E-state index contributed by atoms with van der Waals surface area (Å²) in [5, 5.41) is 0. The van der Waals surface area contributed by atoms with Crippen LogP contribution in [0, 0.1) is 6.92 Å². The zero-order chi connectivity index (χ0) is 13.9. The molecule has 4 heteroatoms. The number of anilines is 1. The van der Waals surface area contributed by atoms with Crippen LogP contribution in [0.5, 0.6) is 0 Å². The highest BCUT2D eigenvalue weighted by atomic mass is 14.9. The van der Waals surface area contributed by atoms with Crippen molar-refractivity contribution in [3.63, 3.8) is 0 Å². The molecule has 0 fully saturated rings. The summed E-state index contributed by atoms with van der Waals surface area (Å²) in [4.78, 5) is 12.7. The molecular formula is C16H16N4. The lowest BCUT2D eigenvalue weighted by Gasteiger charge is -2.06. The smallest absolute Gasteiger partial charge is 0.153 e. The summed E-state index contributed by atoms with van der Waals surface area (Å²) in [6.07, 6.45) is 3.32. The van der Waals surface area contributed by atoms with Crippen molar-refractivity contribution >= 4 is 16.9 Å². The van der Waals surface area contributed by atoms with E-state index in [0.29, 0.717) is 11.3 Å². The molecular weight excluding hydrogens is 248 g/mol. The normalized spacial score (nSPS) is 10.8. The Morgan fingerprint density at radius 1 is 1.00 bits per heavy atom. The molecule has 0 amide bonds. The van der Waals surface area contributed by atoms with E-state index in [4.69, 9.17) is 5.73 Å². The van der Waals surface area contributed by atoms with Gasteiger partial charge < -0.3 is 5.73 Å². The van der Waals surface area contributed by atoms with Gasteiger partial charge in [-0.1, -0.05) is 24.3 Å². The summed E-state index contributed by atoms with van der Waals surface area (Å²) >= 11 is 0. The average molecular weight is 264 g/mol. The fourth-order valence-electron chi connectivity index (χ4n) is 2.29. The van der Waals surface area contributed by atoms with Crippen LogP contribution in [-0.2, 0) is 12.8 Å². The van der Waals surface area contributed by atoms with Gasteiger partial charge in [-0.25, -0.2) is 15.0 Å². The van der Waals surface area contributed by atoms with Gasteiger partial charge >= 0.3 is 0 Å². The van der Waals surface area contributed by atoms with E-state index in [1.54, 1.807) is 0 Å². The second-order valence-corrected chi connectivity index (χ2v) is 4.86. The van der Waals surface area contributed by atoms with Crippen LogP contribution >= 0.6 is 0 Å². The minimum Gasteiger partial charge on any atom is -0.382 e. The number of benzene rings is 1. The number of fused-ring (bicyclic) bond motifs is 1. The topological polar surface area (TPSA) is 64.7 Å². The first-order valence-electron chi connectivity index (χ1n) is 6.64. The number of aromatic nitrogens is 3. The maximum atomic E-state index is 5.84. The number of rotatable bonds is 3. The van der Waals surface area contributed by atoms with Gasteiger partial charge in [-0.05, 0) is 43.0 Å². The monoisotopic (exact) mass is 264 g/mol. The molecule has 2 aromatic heterocycles. The number of pyridine rings is 1. The molecule has 2 heterocycles. The highest BCUT2D eigenvalue weighted by Gasteiger charge is 2.05.